The van der Waals surface area contributed by atoms with Gasteiger partial charge in [0.2, 0.25) is 0 Å². The van der Waals surface area contributed by atoms with Crippen LogP contribution < -0.4 is 14.8 Å². The second-order valence-corrected chi connectivity index (χ2v) is 6.26. The van der Waals surface area contributed by atoms with E-state index in [9.17, 15) is 4.39 Å². The van der Waals surface area contributed by atoms with Crippen molar-refractivity contribution in [2.75, 3.05) is 20.3 Å². The van der Waals surface area contributed by atoms with Crippen molar-refractivity contribution in [1.29, 1.82) is 5.41 Å². The van der Waals surface area contributed by atoms with Gasteiger partial charge in [-0.2, -0.15) is 0 Å². The molecule has 2 N–H and O–H groups in total. The van der Waals surface area contributed by atoms with Crippen molar-refractivity contribution >= 4 is 6.21 Å². The first kappa shape index (κ1) is 19.6. The van der Waals surface area contributed by atoms with Gasteiger partial charge >= 0.3 is 0 Å². The van der Waals surface area contributed by atoms with E-state index in [0.29, 0.717) is 31.2 Å². The molecule has 3 aromatic carbocycles. The van der Waals surface area contributed by atoms with E-state index in [-0.39, 0.29) is 5.82 Å². The highest BCUT2D eigenvalue weighted by molar-refractivity contribution is 5.85. The molecule has 0 saturated carbocycles. The van der Waals surface area contributed by atoms with Crippen LogP contribution in [0, 0.1) is 11.2 Å². The molecule has 0 atom stereocenters. The number of hydrogen-bond acceptors (Lipinski definition) is 4. The molecule has 3 aromatic rings. The molecule has 4 nitrogen and oxygen atoms in total. The standard InChI is InChI=1S/C23H23FN2O2/c1-27-22-14-18(15-25)13-21(19-5-3-2-4-6-19)23(22)28-12-11-26-16-17-7-9-20(24)10-8-17/h2-10,13-15,25-26H,11-12,16H2,1H3. The smallest absolute Gasteiger partial charge is 0.169 e. The molecule has 0 fully saturated rings. The SMILES string of the molecule is COc1cc(C=N)cc(-c2ccccc2)c1OCCNCc1ccc(F)cc1. The fourth-order valence-corrected chi connectivity index (χ4v) is 2.90. The van der Waals surface area contributed by atoms with Crippen LogP contribution in [0.2, 0.25) is 0 Å². The van der Waals surface area contributed by atoms with Gasteiger partial charge in [-0.25, -0.2) is 4.39 Å². The van der Waals surface area contributed by atoms with Gasteiger partial charge in [0.05, 0.1) is 7.11 Å². The minimum Gasteiger partial charge on any atom is -0.493 e. The Balaban J connectivity index is 1.69. The van der Waals surface area contributed by atoms with Gasteiger partial charge in [-0.3, -0.25) is 0 Å². The zero-order valence-electron chi connectivity index (χ0n) is 15.7. The van der Waals surface area contributed by atoms with Gasteiger partial charge < -0.3 is 20.2 Å². The van der Waals surface area contributed by atoms with Crippen molar-refractivity contribution in [2.24, 2.45) is 0 Å². The molecule has 144 valence electrons. The normalized spacial score (nSPS) is 10.5. The first-order valence-electron chi connectivity index (χ1n) is 9.07. The Morgan fingerprint density at radius 1 is 1.04 bits per heavy atom. The maximum absolute atomic E-state index is 13.0. The monoisotopic (exact) mass is 378 g/mol. The molecule has 0 radical (unpaired) electrons. The fourth-order valence-electron chi connectivity index (χ4n) is 2.90. The second kappa shape index (κ2) is 9.67. The van der Waals surface area contributed by atoms with E-state index >= 15 is 0 Å². The Morgan fingerprint density at radius 3 is 2.46 bits per heavy atom. The molecule has 0 heterocycles. The fraction of sp³-hybridized carbons (Fsp3) is 0.174. The quantitative estimate of drug-likeness (QED) is 0.420. The maximum atomic E-state index is 13.0. The highest BCUT2D eigenvalue weighted by Gasteiger charge is 2.14. The van der Waals surface area contributed by atoms with Gasteiger partial charge in [0, 0.05) is 24.9 Å². The Hall–Kier alpha value is -3.18. The molecule has 0 aliphatic heterocycles. The molecule has 0 unspecified atom stereocenters. The van der Waals surface area contributed by atoms with Crippen LogP contribution in [0.5, 0.6) is 11.5 Å². The average Bonchev–Trinajstić information content (AvgIpc) is 2.75. The predicted octanol–water partition coefficient (Wildman–Crippen LogP) is 4.67. The topological polar surface area (TPSA) is 54.3 Å². The van der Waals surface area contributed by atoms with Crippen LogP contribution in [0.3, 0.4) is 0 Å². The first-order valence-corrected chi connectivity index (χ1v) is 9.07. The van der Waals surface area contributed by atoms with Gasteiger partial charge in [0.25, 0.3) is 0 Å². The zero-order chi connectivity index (χ0) is 19.8. The van der Waals surface area contributed by atoms with Crippen LogP contribution >= 0.6 is 0 Å². The lowest BCUT2D eigenvalue weighted by Gasteiger charge is -2.17. The number of rotatable bonds is 9. The van der Waals surface area contributed by atoms with Crippen LogP contribution in [-0.4, -0.2) is 26.5 Å². The Kier molecular flexibility index (Phi) is 6.76. The summed E-state index contributed by atoms with van der Waals surface area (Å²) in [5.41, 5.74) is 3.65. The lowest BCUT2D eigenvalue weighted by atomic mass is 10.0. The molecule has 0 amide bonds. The van der Waals surface area contributed by atoms with E-state index in [1.165, 1.54) is 18.3 Å². The Bertz CT molecular complexity index is 912. The van der Waals surface area contributed by atoms with Gasteiger partial charge in [-0.05, 0) is 41.0 Å². The number of ether oxygens (including phenoxy) is 2. The van der Waals surface area contributed by atoms with Crippen molar-refractivity contribution in [3.05, 3.63) is 83.7 Å². The Labute approximate surface area is 164 Å². The molecule has 0 aliphatic carbocycles. The summed E-state index contributed by atoms with van der Waals surface area (Å²) in [4.78, 5) is 0. The third kappa shape index (κ3) is 4.96. The van der Waals surface area contributed by atoms with Gasteiger partial charge in [-0.15, -0.1) is 0 Å². The van der Waals surface area contributed by atoms with Gasteiger partial charge in [0.15, 0.2) is 11.5 Å². The largest absolute Gasteiger partial charge is 0.493 e. The molecule has 28 heavy (non-hydrogen) atoms. The predicted molar refractivity (Wildman–Crippen MR) is 110 cm³/mol. The van der Waals surface area contributed by atoms with Crippen LogP contribution in [0.25, 0.3) is 11.1 Å². The molecular formula is C23H23FN2O2. The van der Waals surface area contributed by atoms with E-state index in [1.54, 1.807) is 25.3 Å². The molecule has 5 heteroatoms. The third-order valence-electron chi connectivity index (χ3n) is 4.32. The molecule has 0 aliphatic rings. The summed E-state index contributed by atoms with van der Waals surface area (Å²) in [6, 6.07) is 20.0. The van der Waals surface area contributed by atoms with Crippen molar-refractivity contribution in [2.45, 2.75) is 6.54 Å². The number of benzene rings is 3. The highest BCUT2D eigenvalue weighted by atomic mass is 19.1. The van der Waals surface area contributed by atoms with Crippen LogP contribution in [0.15, 0.2) is 66.7 Å². The number of nitrogens with one attached hydrogen (secondary N) is 2. The summed E-state index contributed by atoms with van der Waals surface area (Å²) in [6.07, 6.45) is 1.29. The van der Waals surface area contributed by atoms with Crippen molar-refractivity contribution in [3.8, 4) is 22.6 Å². The second-order valence-electron chi connectivity index (χ2n) is 6.26. The maximum Gasteiger partial charge on any atom is 0.169 e. The molecule has 0 saturated heterocycles. The summed E-state index contributed by atoms with van der Waals surface area (Å²) in [6.45, 7) is 1.71. The van der Waals surface area contributed by atoms with E-state index < -0.39 is 0 Å². The molecule has 3 rings (SSSR count). The zero-order valence-corrected chi connectivity index (χ0v) is 15.7. The van der Waals surface area contributed by atoms with Crippen LogP contribution in [-0.2, 0) is 6.54 Å². The highest BCUT2D eigenvalue weighted by Crippen LogP contribution is 2.39. The molecular weight excluding hydrogens is 355 g/mol. The summed E-state index contributed by atoms with van der Waals surface area (Å²) in [7, 11) is 1.59. The van der Waals surface area contributed by atoms with Crippen molar-refractivity contribution in [3.63, 3.8) is 0 Å². The lowest BCUT2D eigenvalue weighted by Crippen LogP contribution is -2.21. The summed E-state index contributed by atoms with van der Waals surface area (Å²) < 4.78 is 24.5. The number of methoxy groups -OCH3 is 1. The van der Waals surface area contributed by atoms with Crippen LogP contribution in [0.4, 0.5) is 4.39 Å². The summed E-state index contributed by atoms with van der Waals surface area (Å²) >= 11 is 0. The minimum absolute atomic E-state index is 0.235. The van der Waals surface area contributed by atoms with E-state index in [2.05, 4.69) is 5.32 Å². The molecule has 0 spiro atoms. The van der Waals surface area contributed by atoms with E-state index in [1.807, 2.05) is 36.4 Å². The van der Waals surface area contributed by atoms with E-state index in [0.717, 1.165) is 22.3 Å². The number of hydrogen-bond donors (Lipinski definition) is 2. The Morgan fingerprint density at radius 2 is 1.79 bits per heavy atom. The minimum atomic E-state index is -0.235. The van der Waals surface area contributed by atoms with Gasteiger partial charge in [0.1, 0.15) is 12.4 Å². The average molecular weight is 378 g/mol. The van der Waals surface area contributed by atoms with Crippen molar-refractivity contribution in [1.82, 2.24) is 5.32 Å². The third-order valence-corrected chi connectivity index (χ3v) is 4.32. The summed E-state index contributed by atoms with van der Waals surface area (Å²) in [5.74, 6) is 1.02. The van der Waals surface area contributed by atoms with Crippen LogP contribution in [0.1, 0.15) is 11.1 Å². The van der Waals surface area contributed by atoms with Gasteiger partial charge in [-0.1, -0.05) is 42.5 Å². The van der Waals surface area contributed by atoms with E-state index in [4.69, 9.17) is 14.9 Å². The molecule has 0 aromatic heterocycles. The lowest BCUT2D eigenvalue weighted by molar-refractivity contribution is 0.293. The molecule has 0 bridgehead atoms. The number of halogens is 1. The van der Waals surface area contributed by atoms with Crippen molar-refractivity contribution < 1.29 is 13.9 Å². The first-order chi connectivity index (χ1) is 13.7. The summed E-state index contributed by atoms with van der Waals surface area (Å²) in [5, 5.41) is 10.9.